The Hall–Kier alpha value is -1.21. The van der Waals surface area contributed by atoms with Gasteiger partial charge in [0, 0.05) is 11.5 Å². The molecule has 0 bridgehead atoms. The number of anilines is 3. The van der Waals surface area contributed by atoms with Crippen LogP contribution in [0.5, 0.6) is 0 Å². The summed E-state index contributed by atoms with van der Waals surface area (Å²) in [6.07, 6.45) is 1.40. The Morgan fingerprint density at radius 3 is 2.56 bits per heavy atom. The predicted molar refractivity (Wildman–Crippen MR) is 76.7 cm³/mol. The average molecular weight is 376 g/mol. The molecule has 0 spiro atoms. The third-order valence-corrected chi connectivity index (χ3v) is 3.64. The van der Waals surface area contributed by atoms with E-state index in [1.165, 1.54) is 12.4 Å². The summed E-state index contributed by atoms with van der Waals surface area (Å²) in [5.41, 5.74) is 0.332. The van der Waals surface area contributed by atoms with E-state index in [1.54, 1.807) is 19.2 Å². The summed E-state index contributed by atoms with van der Waals surface area (Å²) in [6.45, 7) is 0. The average Bonchev–Trinajstić information content (AvgIpc) is 2.36. The molecular formula is C11H9Br2FN4. The molecule has 4 nitrogen and oxygen atoms in total. The highest BCUT2D eigenvalue weighted by Gasteiger charge is 2.12. The summed E-state index contributed by atoms with van der Waals surface area (Å²) < 4.78 is 14.9. The van der Waals surface area contributed by atoms with Gasteiger partial charge in [-0.25, -0.2) is 14.4 Å². The first-order valence-electron chi connectivity index (χ1n) is 5.02. The van der Waals surface area contributed by atoms with Crippen molar-refractivity contribution in [2.45, 2.75) is 0 Å². The zero-order valence-corrected chi connectivity index (χ0v) is 12.5. The van der Waals surface area contributed by atoms with Crippen LogP contribution in [0.2, 0.25) is 0 Å². The Bertz CT molecular complexity index is 557. The molecule has 1 aromatic heterocycles. The molecule has 94 valence electrons. The molecule has 0 saturated heterocycles. The minimum Gasteiger partial charge on any atom is -0.372 e. The van der Waals surface area contributed by atoms with E-state index in [4.69, 9.17) is 0 Å². The van der Waals surface area contributed by atoms with Crippen molar-refractivity contribution in [1.29, 1.82) is 0 Å². The maximum atomic E-state index is 13.7. The number of benzene rings is 1. The lowest BCUT2D eigenvalue weighted by molar-refractivity contribution is 0.631. The SMILES string of the molecule is CNc1ncnc(Nc2c(F)cccc2Br)c1Br. The molecule has 0 saturated carbocycles. The second kappa shape index (κ2) is 5.62. The largest absolute Gasteiger partial charge is 0.372 e. The molecule has 0 unspecified atom stereocenters. The number of para-hydroxylation sites is 1. The number of aromatic nitrogens is 2. The number of nitrogens with zero attached hydrogens (tertiary/aromatic N) is 2. The van der Waals surface area contributed by atoms with Crippen LogP contribution in [0.4, 0.5) is 21.7 Å². The highest BCUT2D eigenvalue weighted by atomic mass is 79.9. The van der Waals surface area contributed by atoms with Gasteiger partial charge in [0.25, 0.3) is 0 Å². The molecule has 7 heteroatoms. The van der Waals surface area contributed by atoms with Gasteiger partial charge in [0.1, 0.15) is 28.3 Å². The van der Waals surface area contributed by atoms with Gasteiger partial charge in [0.05, 0.1) is 5.69 Å². The van der Waals surface area contributed by atoms with E-state index in [1.807, 2.05) is 0 Å². The molecule has 1 aromatic carbocycles. The van der Waals surface area contributed by atoms with Gasteiger partial charge < -0.3 is 10.6 Å². The summed E-state index contributed by atoms with van der Waals surface area (Å²) in [5.74, 6) is 0.751. The molecule has 0 aliphatic heterocycles. The third kappa shape index (κ3) is 2.62. The smallest absolute Gasteiger partial charge is 0.150 e. The number of hydrogen-bond acceptors (Lipinski definition) is 4. The van der Waals surface area contributed by atoms with Crippen LogP contribution in [0.15, 0.2) is 33.5 Å². The zero-order valence-electron chi connectivity index (χ0n) is 9.34. The van der Waals surface area contributed by atoms with Gasteiger partial charge in [-0.1, -0.05) is 6.07 Å². The summed E-state index contributed by atoms with van der Waals surface area (Å²) in [7, 11) is 1.75. The van der Waals surface area contributed by atoms with E-state index < -0.39 is 0 Å². The highest BCUT2D eigenvalue weighted by molar-refractivity contribution is 9.11. The Kier molecular flexibility index (Phi) is 4.13. The quantitative estimate of drug-likeness (QED) is 0.853. The molecule has 0 atom stereocenters. The molecule has 2 N–H and O–H groups in total. The summed E-state index contributed by atoms with van der Waals surface area (Å²) in [6, 6.07) is 4.75. The Balaban J connectivity index is 2.40. The zero-order chi connectivity index (χ0) is 13.1. The lowest BCUT2D eigenvalue weighted by Crippen LogP contribution is -2.02. The molecule has 0 aliphatic rings. The summed E-state index contributed by atoms with van der Waals surface area (Å²) in [4.78, 5) is 8.10. The minimum absolute atomic E-state index is 0.332. The molecule has 2 rings (SSSR count). The van der Waals surface area contributed by atoms with E-state index in [-0.39, 0.29) is 5.82 Å². The first-order chi connectivity index (χ1) is 8.63. The molecule has 0 radical (unpaired) electrons. The first-order valence-corrected chi connectivity index (χ1v) is 6.61. The molecule has 18 heavy (non-hydrogen) atoms. The van der Waals surface area contributed by atoms with Crippen molar-refractivity contribution in [1.82, 2.24) is 9.97 Å². The van der Waals surface area contributed by atoms with E-state index >= 15 is 0 Å². The van der Waals surface area contributed by atoms with Crippen LogP contribution in [0.1, 0.15) is 0 Å². The molecule has 0 fully saturated rings. The maximum Gasteiger partial charge on any atom is 0.150 e. The Morgan fingerprint density at radius 2 is 1.89 bits per heavy atom. The predicted octanol–water partition coefficient (Wildman–Crippen LogP) is 3.93. The van der Waals surface area contributed by atoms with Crippen molar-refractivity contribution in [2.24, 2.45) is 0 Å². The first kappa shape index (κ1) is 13.2. The van der Waals surface area contributed by atoms with Crippen molar-refractivity contribution < 1.29 is 4.39 Å². The van der Waals surface area contributed by atoms with Gasteiger partial charge in [-0.2, -0.15) is 0 Å². The normalized spacial score (nSPS) is 10.2. The van der Waals surface area contributed by atoms with Crippen LogP contribution in [0.25, 0.3) is 0 Å². The number of rotatable bonds is 3. The van der Waals surface area contributed by atoms with Crippen molar-refractivity contribution >= 4 is 49.2 Å². The van der Waals surface area contributed by atoms with E-state index in [9.17, 15) is 4.39 Å². The van der Waals surface area contributed by atoms with Crippen molar-refractivity contribution in [3.63, 3.8) is 0 Å². The highest BCUT2D eigenvalue weighted by Crippen LogP contribution is 2.32. The van der Waals surface area contributed by atoms with Crippen LogP contribution >= 0.6 is 31.9 Å². The maximum absolute atomic E-state index is 13.7. The number of nitrogens with one attached hydrogen (secondary N) is 2. The molecule has 0 aliphatic carbocycles. The Labute approximate surface area is 120 Å². The second-order valence-corrected chi connectivity index (χ2v) is 5.00. The van der Waals surface area contributed by atoms with Gasteiger partial charge in [-0.15, -0.1) is 0 Å². The van der Waals surface area contributed by atoms with E-state index in [2.05, 4.69) is 52.5 Å². The van der Waals surface area contributed by atoms with Gasteiger partial charge in [-0.05, 0) is 44.0 Å². The van der Waals surface area contributed by atoms with E-state index in [0.717, 1.165) is 0 Å². The molecule has 1 heterocycles. The topological polar surface area (TPSA) is 49.8 Å². The molecule has 0 amide bonds. The van der Waals surface area contributed by atoms with Crippen LogP contribution in [-0.2, 0) is 0 Å². The summed E-state index contributed by atoms with van der Waals surface area (Å²) in [5, 5.41) is 5.83. The lowest BCUT2D eigenvalue weighted by atomic mass is 10.3. The fourth-order valence-electron chi connectivity index (χ4n) is 1.37. The third-order valence-electron chi connectivity index (χ3n) is 2.23. The summed E-state index contributed by atoms with van der Waals surface area (Å²) >= 11 is 6.65. The monoisotopic (exact) mass is 374 g/mol. The lowest BCUT2D eigenvalue weighted by Gasteiger charge is -2.11. The van der Waals surface area contributed by atoms with Gasteiger partial charge >= 0.3 is 0 Å². The number of hydrogen-bond donors (Lipinski definition) is 2. The van der Waals surface area contributed by atoms with Gasteiger partial charge in [0.15, 0.2) is 0 Å². The molecule has 2 aromatic rings. The van der Waals surface area contributed by atoms with Crippen molar-refractivity contribution in [3.8, 4) is 0 Å². The standard InChI is InChI=1S/C11H9Br2FN4/c1-15-10-8(13)11(17-5-16-10)18-9-6(12)3-2-4-7(9)14/h2-5H,1H3,(H2,15,16,17,18). The minimum atomic E-state index is -0.360. The van der Waals surface area contributed by atoms with Crippen molar-refractivity contribution in [3.05, 3.63) is 39.3 Å². The van der Waals surface area contributed by atoms with Gasteiger partial charge in [-0.3, -0.25) is 0 Å². The van der Waals surface area contributed by atoms with Gasteiger partial charge in [0.2, 0.25) is 0 Å². The second-order valence-electron chi connectivity index (χ2n) is 3.36. The fraction of sp³-hybridized carbons (Fsp3) is 0.0909. The van der Waals surface area contributed by atoms with Crippen LogP contribution in [0.3, 0.4) is 0 Å². The van der Waals surface area contributed by atoms with Crippen molar-refractivity contribution in [2.75, 3.05) is 17.7 Å². The van der Waals surface area contributed by atoms with Crippen LogP contribution in [-0.4, -0.2) is 17.0 Å². The Morgan fingerprint density at radius 1 is 1.17 bits per heavy atom. The fourth-order valence-corrected chi connectivity index (χ4v) is 2.31. The number of halogens is 3. The van der Waals surface area contributed by atoms with E-state index in [0.29, 0.717) is 26.3 Å². The molecular weight excluding hydrogens is 367 g/mol. The van der Waals surface area contributed by atoms with Crippen LogP contribution < -0.4 is 10.6 Å². The van der Waals surface area contributed by atoms with Crippen LogP contribution in [0, 0.1) is 5.82 Å².